The number of nitrogen functional groups attached to an aromatic ring is 1. The van der Waals surface area contributed by atoms with Crippen LogP contribution in [0.1, 0.15) is 39.2 Å². The predicted octanol–water partition coefficient (Wildman–Crippen LogP) is 2.64. The van der Waals surface area contributed by atoms with Crippen molar-refractivity contribution in [3.63, 3.8) is 0 Å². The van der Waals surface area contributed by atoms with Crippen molar-refractivity contribution in [3.8, 4) is 0 Å². The number of nitrogens with zero attached hydrogens (tertiary/aromatic N) is 1. The van der Waals surface area contributed by atoms with E-state index in [4.69, 9.17) is 10.5 Å². The fourth-order valence-electron chi connectivity index (χ4n) is 2.32. The van der Waals surface area contributed by atoms with Crippen LogP contribution in [0.4, 0.5) is 5.69 Å². The number of hydrogen-bond donors (Lipinski definition) is 1. The Balaban J connectivity index is 2.46. The number of ether oxygens (including phenoxy) is 1. The highest BCUT2D eigenvalue weighted by Gasteiger charge is 2.27. The van der Waals surface area contributed by atoms with Crippen LogP contribution >= 0.6 is 0 Å². The molecular weight excluding hydrogens is 292 g/mol. The first-order valence-electron chi connectivity index (χ1n) is 7.97. The molecule has 0 aliphatic carbocycles. The van der Waals surface area contributed by atoms with Gasteiger partial charge in [-0.1, -0.05) is 26.0 Å². The van der Waals surface area contributed by atoms with Crippen LogP contribution in [0.25, 0.3) is 0 Å². The summed E-state index contributed by atoms with van der Waals surface area (Å²) in [7, 11) is 1.79. The Morgan fingerprint density at radius 2 is 1.78 bits per heavy atom. The van der Waals surface area contributed by atoms with Crippen LogP contribution in [0, 0.1) is 5.41 Å². The van der Waals surface area contributed by atoms with Gasteiger partial charge in [-0.3, -0.25) is 9.59 Å². The summed E-state index contributed by atoms with van der Waals surface area (Å²) in [5, 5.41) is 0. The van der Waals surface area contributed by atoms with Crippen LogP contribution in [0.15, 0.2) is 24.3 Å². The molecule has 0 spiro atoms. The van der Waals surface area contributed by atoms with Crippen LogP contribution in [0.2, 0.25) is 0 Å². The van der Waals surface area contributed by atoms with Crippen LogP contribution < -0.4 is 5.73 Å². The molecule has 2 N–H and O–H groups in total. The van der Waals surface area contributed by atoms with E-state index in [2.05, 4.69) is 0 Å². The number of likely N-dealkylation sites (N-methyl/N-ethyl adjacent to an activating group) is 1. The highest BCUT2D eigenvalue weighted by Crippen LogP contribution is 2.26. The third-order valence-corrected chi connectivity index (χ3v) is 3.70. The monoisotopic (exact) mass is 320 g/mol. The molecule has 128 valence electrons. The van der Waals surface area contributed by atoms with Gasteiger partial charge in [0, 0.05) is 25.7 Å². The number of rotatable bonds is 8. The van der Waals surface area contributed by atoms with Crippen molar-refractivity contribution in [2.75, 3.05) is 25.9 Å². The van der Waals surface area contributed by atoms with Gasteiger partial charge >= 0.3 is 5.97 Å². The summed E-state index contributed by atoms with van der Waals surface area (Å²) in [4.78, 5) is 25.6. The molecule has 0 fully saturated rings. The van der Waals surface area contributed by atoms with Crippen LogP contribution in [-0.4, -0.2) is 37.0 Å². The van der Waals surface area contributed by atoms with Gasteiger partial charge in [-0.25, -0.2) is 0 Å². The minimum absolute atomic E-state index is 0.0368. The summed E-state index contributed by atoms with van der Waals surface area (Å²) in [6, 6.07) is 7.66. The van der Waals surface area contributed by atoms with Crippen molar-refractivity contribution in [1.82, 2.24) is 4.90 Å². The molecule has 23 heavy (non-hydrogen) atoms. The van der Waals surface area contributed by atoms with E-state index >= 15 is 0 Å². The molecule has 0 aliphatic heterocycles. The first kappa shape index (κ1) is 19.0. The Hall–Kier alpha value is -2.04. The maximum Gasteiger partial charge on any atom is 0.306 e. The van der Waals surface area contributed by atoms with Gasteiger partial charge < -0.3 is 15.4 Å². The van der Waals surface area contributed by atoms with E-state index in [1.807, 2.05) is 38.1 Å². The zero-order valence-electron chi connectivity index (χ0n) is 14.6. The number of carbonyl (C=O) groups excluding carboxylic acids is 2. The molecule has 0 unspecified atom stereocenters. The Kier molecular flexibility index (Phi) is 7.07. The lowest BCUT2D eigenvalue weighted by Crippen LogP contribution is -2.33. The second-order valence-electron chi connectivity index (χ2n) is 6.63. The van der Waals surface area contributed by atoms with Gasteiger partial charge in [-0.05, 0) is 36.5 Å². The molecule has 5 nitrogen and oxygen atoms in total. The highest BCUT2D eigenvalue weighted by atomic mass is 16.5. The topological polar surface area (TPSA) is 72.6 Å². The van der Waals surface area contributed by atoms with Crippen LogP contribution in [-0.2, 0) is 20.7 Å². The van der Waals surface area contributed by atoms with Crippen LogP contribution in [0.5, 0.6) is 0 Å². The summed E-state index contributed by atoms with van der Waals surface area (Å²) in [5.41, 5.74) is 7.13. The highest BCUT2D eigenvalue weighted by molar-refractivity contribution is 5.78. The van der Waals surface area contributed by atoms with E-state index < -0.39 is 5.41 Å². The Bertz CT molecular complexity index is 524. The number of esters is 1. The summed E-state index contributed by atoms with van der Waals surface area (Å²) in [5.74, 6) is -0.218. The Morgan fingerprint density at radius 1 is 1.17 bits per heavy atom. The van der Waals surface area contributed by atoms with Gasteiger partial charge in [-0.2, -0.15) is 0 Å². The first-order valence-corrected chi connectivity index (χ1v) is 7.97. The standard InChI is InChI=1S/C18H28N2O3/c1-5-23-17(22)13-18(2,3)12-16(21)20(4)11-10-14-6-8-15(19)9-7-14/h6-9H,5,10-13,19H2,1-4H3. The number of hydrogen-bond acceptors (Lipinski definition) is 4. The number of benzene rings is 1. The number of amides is 1. The second-order valence-corrected chi connectivity index (χ2v) is 6.63. The molecule has 0 radical (unpaired) electrons. The zero-order chi connectivity index (χ0) is 17.5. The number of anilines is 1. The molecule has 5 heteroatoms. The van der Waals surface area contributed by atoms with E-state index in [1.54, 1.807) is 18.9 Å². The quantitative estimate of drug-likeness (QED) is 0.590. The van der Waals surface area contributed by atoms with E-state index in [-0.39, 0.29) is 18.3 Å². The molecule has 0 aliphatic rings. The maximum absolute atomic E-state index is 12.3. The van der Waals surface area contributed by atoms with Gasteiger partial charge in [0.05, 0.1) is 13.0 Å². The molecule has 0 heterocycles. The van der Waals surface area contributed by atoms with Crippen molar-refractivity contribution in [2.45, 2.75) is 40.0 Å². The van der Waals surface area contributed by atoms with Crippen molar-refractivity contribution in [3.05, 3.63) is 29.8 Å². The van der Waals surface area contributed by atoms with Crippen LogP contribution in [0.3, 0.4) is 0 Å². The van der Waals surface area contributed by atoms with Gasteiger partial charge in [0.15, 0.2) is 0 Å². The third kappa shape index (κ3) is 7.17. The third-order valence-electron chi connectivity index (χ3n) is 3.70. The van der Waals surface area contributed by atoms with E-state index in [0.717, 1.165) is 17.7 Å². The average Bonchev–Trinajstić information content (AvgIpc) is 2.45. The largest absolute Gasteiger partial charge is 0.466 e. The van der Waals surface area contributed by atoms with E-state index in [1.165, 1.54) is 0 Å². The summed E-state index contributed by atoms with van der Waals surface area (Å²) in [6.45, 7) is 6.61. The maximum atomic E-state index is 12.3. The van der Waals surface area contributed by atoms with Crippen molar-refractivity contribution >= 4 is 17.6 Å². The first-order chi connectivity index (χ1) is 10.7. The molecule has 0 saturated heterocycles. The average molecular weight is 320 g/mol. The van der Waals surface area contributed by atoms with Gasteiger partial charge in [0.1, 0.15) is 0 Å². The molecule has 1 aromatic rings. The van der Waals surface area contributed by atoms with E-state index in [0.29, 0.717) is 19.6 Å². The second kappa shape index (κ2) is 8.56. The lowest BCUT2D eigenvalue weighted by Gasteiger charge is -2.26. The molecule has 0 saturated carbocycles. The van der Waals surface area contributed by atoms with E-state index in [9.17, 15) is 9.59 Å². The van der Waals surface area contributed by atoms with Gasteiger partial charge in [0.25, 0.3) is 0 Å². The number of nitrogens with two attached hydrogens (primary N) is 1. The minimum Gasteiger partial charge on any atom is -0.466 e. The minimum atomic E-state index is -0.404. The fraction of sp³-hybridized carbons (Fsp3) is 0.556. The van der Waals surface area contributed by atoms with Crippen molar-refractivity contribution < 1.29 is 14.3 Å². The molecule has 0 atom stereocenters. The normalized spacial score (nSPS) is 11.1. The van der Waals surface area contributed by atoms with Crippen molar-refractivity contribution in [1.29, 1.82) is 0 Å². The molecule has 1 aromatic carbocycles. The lowest BCUT2D eigenvalue weighted by molar-refractivity contribution is -0.146. The zero-order valence-corrected chi connectivity index (χ0v) is 14.6. The molecule has 0 aromatic heterocycles. The summed E-state index contributed by atoms with van der Waals surface area (Å²) < 4.78 is 4.96. The smallest absolute Gasteiger partial charge is 0.306 e. The predicted molar refractivity (Wildman–Crippen MR) is 91.8 cm³/mol. The SMILES string of the molecule is CCOC(=O)CC(C)(C)CC(=O)N(C)CCc1ccc(N)cc1. The Morgan fingerprint density at radius 3 is 2.35 bits per heavy atom. The fourth-order valence-corrected chi connectivity index (χ4v) is 2.32. The summed E-state index contributed by atoms with van der Waals surface area (Å²) >= 11 is 0. The Labute approximate surface area is 138 Å². The lowest BCUT2D eigenvalue weighted by atomic mass is 9.85. The molecular formula is C18H28N2O3. The number of carbonyl (C=O) groups is 2. The molecule has 0 bridgehead atoms. The summed E-state index contributed by atoms with van der Waals surface area (Å²) in [6.07, 6.45) is 1.35. The van der Waals surface area contributed by atoms with Gasteiger partial charge in [0.2, 0.25) is 5.91 Å². The molecule has 1 rings (SSSR count). The van der Waals surface area contributed by atoms with Crippen molar-refractivity contribution in [2.24, 2.45) is 5.41 Å². The molecule has 1 amide bonds. The van der Waals surface area contributed by atoms with Gasteiger partial charge in [-0.15, -0.1) is 0 Å².